The van der Waals surface area contributed by atoms with Gasteiger partial charge in [-0.15, -0.1) is 0 Å². The molecule has 3 aromatic rings. The number of halogens is 2. The van der Waals surface area contributed by atoms with E-state index in [-0.39, 0.29) is 40.9 Å². The van der Waals surface area contributed by atoms with Gasteiger partial charge < -0.3 is 14.7 Å². The van der Waals surface area contributed by atoms with Crippen LogP contribution in [0.4, 0.5) is 10.1 Å². The molecule has 1 N–H and O–H groups in total. The molecule has 8 nitrogen and oxygen atoms in total. The highest BCUT2D eigenvalue weighted by molar-refractivity contribution is 7.89. The molecule has 2 heterocycles. The molecule has 1 aliphatic rings. The second-order valence-electron chi connectivity index (χ2n) is 7.62. The topological polar surface area (TPSA) is 95.8 Å². The van der Waals surface area contributed by atoms with Gasteiger partial charge in [-0.3, -0.25) is 4.79 Å². The average molecular weight is 493 g/mol. The third kappa shape index (κ3) is 5.18. The zero-order chi connectivity index (χ0) is 23.6. The Labute approximate surface area is 196 Å². The Bertz CT molecular complexity index is 1260. The number of nitrogens with zero attached hydrogens (tertiary/aromatic N) is 3. The molecule has 0 bridgehead atoms. The maximum Gasteiger partial charge on any atom is 0.251 e. The van der Waals surface area contributed by atoms with Gasteiger partial charge in [0.05, 0.1) is 11.6 Å². The van der Waals surface area contributed by atoms with Crippen LogP contribution < -0.4 is 10.2 Å². The molecule has 0 saturated carbocycles. The number of aromatic nitrogens is 1. The van der Waals surface area contributed by atoms with Crippen LogP contribution in [0.1, 0.15) is 21.8 Å². The van der Waals surface area contributed by atoms with Crippen molar-refractivity contribution in [3.8, 4) is 0 Å². The molecule has 1 saturated heterocycles. The van der Waals surface area contributed by atoms with E-state index in [1.807, 2.05) is 4.90 Å². The molecule has 174 valence electrons. The van der Waals surface area contributed by atoms with Crippen LogP contribution in [0, 0.1) is 12.7 Å². The van der Waals surface area contributed by atoms with Crippen LogP contribution in [0.5, 0.6) is 0 Å². The minimum Gasteiger partial charge on any atom is -0.369 e. The van der Waals surface area contributed by atoms with E-state index >= 15 is 0 Å². The van der Waals surface area contributed by atoms with Crippen LogP contribution in [0.15, 0.2) is 57.9 Å². The molecule has 11 heteroatoms. The number of sulfonamides is 1. The largest absolute Gasteiger partial charge is 0.369 e. The summed E-state index contributed by atoms with van der Waals surface area (Å²) in [4.78, 5) is 14.4. The van der Waals surface area contributed by atoms with Crippen LogP contribution >= 0.6 is 11.6 Å². The van der Waals surface area contributed by atoms with Gasteiger partial charge in [0.2, 0.25) is 10.0 Å². The summed E-state index contributed by atoms with van der Waals surface area (Å²) < 4.78 is 46.0. The standard InChI is InChI=1S/C22H22ClFN4O4S/c1-15-12-18(26-32-15)14-25-22(29)16-2-7-20(23)21(13-16)33(30,31)28-10-8-27(9-11-28)19-5-3-17(24)4-6-19/h2-7,12-13H,8-11,14H2,1H3,(H,25,29). The van der Waals surface area contributed by atoms with Crippen LogP contribution in [-0.4, -0.2) is 50.0 Å². The zero-order valence-corrected chi connectivity index (χ0v) is 19.4. The fourth-order valence-electron chi connectivity index (χ4n) is 3.59. The molecule has 0 radical (unpaired) electrons. The first-order valence-electron chi connectivity index (χ1n) is 10.2. The first kappa shape index (κ1) is 23.2. The summed E-state index contributed by atoms with van der Waals surface area (Å²) >= 11 is 6.21. The Morgan fingerprint density at radius 2 is 1.82 bits per heavy atom. The molecular weight excluding hydrogens is 471 g/mol. The molecule has 4 rings (SSSR count). The minimum atomic E-state index is -3.92. The molecule has 1 amide bonds. The Kier molecular flexibility index (Phi) is 6.68. The first-order chi connectivity index (χ1) is 15.7. The molecule has 33 heavy (non-hydrogen) atoms. The van der Waals surface area contributed by atoms with Crippen molar-refractivity contribution in [1.29, 1.82) is 0 Å². The Morgan fingerprint density at radius 1 is 1.12 bits per heavy atom. The fraction of sp³-hybridized carbons (Fsp3) is 0.273. The van der Waals surface area contributed by atoms with Crippen molar-refractivity contribution in [1.82, 2.24) is 14.8 Å². The number of carbonyl (C=O) groups excluding carboxylic acids is 1. The summed E-state index contributed by atoms with van der Waals surface area (Å²) in [6, 6.07) is 11.9. The van der Waals surface area contributed by atoms with Gasteiger partial charge in [-0.25, -0.2) is 12.8 Å². The minimum absolute atomic E-state index is 0.0413. The predicted molar refractivity (Wildman–Crippen MR) is 121 cm³/mol. The average Bonchev–Trinajstić information content (AvgIpc) is 3.23. The van der Waals surface area contributed by atoms with Crippen molar-refractivity contribution >= 4 is 33.2 Å². The van der Waals surface area contributed by atoms with Crippen molar-refractivity contribution in [2.24, 2.45) is 0 Å². The molecule has 1 fully saturated rings. The van der Waals surface area contributed by atoms with Crippen molar-refractivity contribution < 1.29 is 22.1 Å². The van der Waals surface area contributed by atoms with Gasteiger partial charge in [0.1, 0.15) is 22.2 Å². The van der Waals surface area contributed by atoms with E-state index in [1.165, 1.54) is 34.6 Å². The smallest absolute Gasteiger partial charge is 0.251 e. The fourth-order valence-corrected chi connectivity index (χ4v) is 5.52. The summed E-state index contributed by atoms with van der Waals surface area (Å²) in [5, 5.41) is 6.54. The van der Waals surface area contributed by atoms with Crippen molar-refractivity contribution in [2.45, 2.75) is 18.4 Å². The van der Waals surface area contributed by atoms with E-state index in [4.69, 9.17) is 16.1 Å². The molecule has 0 atom stereocenters. The van der Waals surface area contributed by atoms with E-state index in [0.29, 0.717) is 24.5 Å². The highest BCUT2D eigenvalue weighted by Crippen LogP contribution is 2.27. The SMILES string of the molecule is Cc1cc(CNC(=O)c2ccc(Cl)c(S(=O)(=O)N3CCN(c4ccc(F)cc4)CC3)c2)no1. The monoisotopic (exact) mass is 492 g/mol. The van der Waals surface area contributed by atoms with E-state index in [9.17, 15) is 17.6 Å². The summed E-state index contributed by atoms with van der Waals surface area (Å²) in [7, 11) is -3.92. The summed E-state index contributed by atoms with van der Waals surface area (Å²) in [6.07, 6.45) is 0. The van der Waals surface area contributed by atoms with Crippen molar-refractivity contribution in [2.75, 3.05) is 31.1 Å². The molecule has 0 unspecified atom stereocenters. The molecule has 1 aliphatic heterocycles. The Balaban J connectivity index is 1.46. The number of hydrogen-bond donors (Lipinski definition) is 1. The number of rotatable bonds is 6. The van der Waals surface area contributed by atoms with Gasteiger partial charge in [-0.2, -0.15) is 4.31 Å². The van der Waals surface area contributed by atoms with Gasteiger partial charge in [0.15, 0.2) is 0 Å². The molecule has 2 aromatic carbocycles. The van der Waals surface area contributed by atoms with E-state index in [2.05, 4.69) is 10.5 Å². The van der Waals surface area contributed by atoms with Crippen LogP contribution in [0.25, 0.3) is 0 Å². The second-order valence-corrected chi connectivity index (χ2v) is 9.94. The number of nitrogens with one attached hydrogen (secondary N) is 1. The van der Waals surface area contributed by atoms with E-state index < -0.39 is 15.9 Å². The number of benzene rings is 2. The normalized spacial score (nSPS) is 14.9. The lowest BCUT2D eigenvalue weighted by Gasteiger charge is -2.35. The predicted octanol–water partition coefficient (Wildman–Crippen LogP) is 3.22. The van der Waals surface area contributed by atoms with Gasteiger partial charge in [-0.05, 0) is 49.4 Å². The van der Waals surface area contributed by atoms with Gasteiger partial charge in [0, 0.05) is 43.5 Å². The van der Waals surface area contributed by atoms with Crippen molar-refractivity contribution in [3.63, 3.8) is 0 Å². The number of piperazine rings is 1. The lowest BCUT2D eigenvalue weighted by atomic mass is 10.2. The lowest BCUT2D eigenvalue weighted by molar-refractivity contribution is 0.0950. The quantitative estimate of drug-likeness (QED) is 0.567. The highest BCUT2D eigenvalue weighted by atomic mass is 35.5. The van der Waals surface area contributed by atoms with Crippen molar-refractivity contribution in [3.05, 3.63) is 76.4 Å². The number of carbonyl (C=O) groups is 1. The van der Waals surface area contributed by atoms with Gasteiger partial charge in [-0.1, -0.05) is 16.8 Å². The lowest BCUT2D eigenvalue weighted by Crippen LogP contribution is -2.48. The maximum atomic E-state index is 13.3. The number of amides is 1. The number of anilines is 1. The Hall–Kier alpha value is -2.95. The third-order valence-corrected chi connectivity index (χ3v) is 7.73. The summed E-state index contributed by atoms with van der Waals surface area (Å²) in [5.41, 5.74) is 1.55. The molecule has 0 spiro atoms. The first-order valence-corrected chi connectivity index (χ1v) is 12.1. The second kappa shape index (κ2) is 9.50. The van der Waals surface area contributed by atoms with Gasteiger partial charge in [0.25, 0.3) is 5.91 Å². The van der Waals surface area contributed by atoms with Crippen LogP contribution in [0.3, 0.4) is 0 Å². The summed E-state index contributed by atoms with van der Waals surface area (Å²) in [6.45, 7) is 3.25. The van der Waals surface area contributed by atoms with Gasteiger partial charge >= 0.3 is 0 Å². The maximum absolute atomic E-state index is 13.3. The zero-order valence-electron chi connectivity index (χ0n) is 17.8. The molecule has 0 aliphatic carbocycles. The summed E-state index contributed by atoms with van der Waals surface area (Å²) in [5.74, 6) is -0.154. The molecular formula is C22H22ClFN4O4S. The number of aryl methyl sites for hydroxylation is 1. The van der Waals surface area contributed by atoms with E-state index in [0.717, 1.165) is 5.69 Å². The third-order valence-electron chi connectivity index (χ3n) is 5.35. The molecule has 1 aromatic heterocycles. The Morgan fingerprint density at radius 3 is 2.45 bits per heavy atom. The van der Waals surface area contributed by atoms with E-state index in [1.54, 1.807) is 25.1 Å². The van der Waals surface area contributed by atoms with Crippen LogP contribution in [-0.2, 0) is 16.6 Å². The van der Waals surface area contributed by atoms with Crippen LogP contribution in [0.2, 0.25) is 5.02 Å². The number of hydrogen-bond acceptors (Lipinski definition) is 6. The highest BCUT2D eigenvalue weighted by Gasteiger charge is 2.31.